The number of piperazine rings is 1. The number of aromatic nitrogens is 5. The van der Waals surface area contributed by atoms with Gasteiger partial charge in [-0.15, -0.1) is 5.10 Å². The van der Waals surface area contributed by atoms with Gasteiger partial charge in [-0.2, -0.15) is 0 Å². The van der Waals surface area contributed by atoms with Crippen LogP contribution in [0.25, 0.3) is 10.9 Å². The molecule has 0 radical (unpaired) electrons. The van der Waals surface area contributed by atoms with Crippen LogP contribution in [0.2, 0.25) is 0 Å². The van der Waals surface area contributed by atoms with Crippen molar-refractivity contribution in [2.75, 3.05) is 54.1 Å². The third-order valence-electron chi connectivity index (χ3n) is 7.19. The summed E-state index contributed by atoms with van der Waals surface area (Å²) >= 11 is 0. The molecule has 1 saturated heterocycles. The molecule has 200 valence electrons. The number of nitrogens with one attached hydrogen (secondary N) is 1. The zero-order chi connectivity index (χ0) is 26.6. The summed E-state index contributed by atoms with van der Waals surface area (Å²) in [6, 6.07) is 12.9. The first-order valence-corrected chi connectivity index (χ1v) is 12.7. The Hall–Kier alpha value is -3.96. The first-order valence-electron chi connectivity index (χ1n) is 12.7. The fourth-order valence-electron chi connectivity index (χ4n) is 5.01. The van der Waals surface area contributed by atoms with Gasteiger partial charge in [-0.25, -0.2) is 4.68 Å². The minimum Gasteiger partial charge on any atom is -0.497 e. The fraction of sp³-hybridized carbons (Fsp3) is 0.407. The molecule has 5 rings (SSSR count). The van der Waals surface area contributed by atoms with Gasteiger partial charge in [-0.1, -0.05) is 19.1 Å². The zero-order valence-electron chi connectivity index (χ0n) is 22.2. The van der Waals surface area contributed by atoms with E-state index in [-0.39, 0.29) is 5.56 Å². The molecule has 0 spiro atoms. The highest BCUT2D eigenvalue weighted by atomic mass is 16.5. The lowest BCUT2D eigenvalue weighted by Crippen LogP contribution is -2.49. The molecule has 4 aromatic rings. The first kappa shape index (κ1) is 25.7. The lowest BCUT2D eigenvalue weighted by atomic mass is 10.0. The molecule has 11 nitrogen and oxygen atoms in total. The second-order valence-corrected chi connectivity index (χ2v) is 9.26. The van der Waals surface area contributed by atoms with Crippen molar-refractivity contribution in [3.63, 3.8) is 0 Å². The van der Waals surface area contributed by atoms with E-state index in [1.165, 1.54) is 0 Å². The summed E-state index contributed by atoms with van der Waals surface area (Å²) < 4.78 is 18.0. The highest BCUT2D eigenvalue weighted by molar-refractivity contribution is 5.83. The van der Waals surface area contributed by atoms with Crippen molar-refractivity contribution in [1.29, 1.82) is 0 Å². The smallest absolute Gasteiger partial charge is 0.253 e. The van der Waals surface area contributed by atoms with Crippen LogP contribution >= 0.6 is 0 Å². The number of fused-ring (bicyclic) bond motifs is 1. The Labute approximate surface area is 220 Å². The lowest BCUT2D eigenvalue weighted by Gasteiger charge is -2.38. The van der Waals surface area contributed by atoms with Crippen LogP contribution in [0.5, 0.6) is 17.2 Å². The maximum Gasteiger partial charge on any atom is 0.253 e. The van der Waals surface area contributed by atoms with Crippen LogP contribution in [-0.2, 0) is 6.54 Å². The van der Waals surface area contributed by atoms with Gasteiger partial charge in [-0.3, -0.25) is 9.69 Å². The van der Waals surface area contributed by atoms with Gasteiger partial charge in [0.1, 0.15) is 11.8 Å². The molecule has 0 bridgehead atoms. The third kappa shape index (κ3) is 5.07. The van der Waals surface area contributed by atoms with E-state index >= 15 is 0 Å². The van der Waals surface area contributed by atoms with Crippen LogP contribution in [0, 0.1) is 0 Å². The number of pyridine rings is 1. The summed E-state index contributed by atoms with van der Waals surface area (Å²) in [7, 11) is 4.81. The number of tetrazole rings is 1. The molecule has 1 aliphatic rings. The summed E-state index contributed by atoms with van der Waals surface area (Å²) in [5, 5.41) is 13.6. The molecule has 1 unspecified atom stereocenters. The maximum atomic E-state index is 13.6. The summed E-state index contributed by atoms with van der Waals surface area (Å²) in [5.41, 5.74) is 2.09. The molecule has 2 aromatic carbocycles. The van der Waals surface area contributed by atoms with Crippen molar-refractivity contribution in [3.8, 4) is 17.2 Å². The molecule has 0 amide bonds. The van der Waals surface area contributed by atoms with E-state index in [1.807, 2.05) is 36.4 Å². The lowest BCUT2D eigenvalue weighted by molar-refractivity contribution is 0.108. The van der Waals surface area contributed by atoms with E-state index in [2.05, 4.69) is 37.2 Å². The number of benzene rings is 2. The molecule has 11 heteroatoms. The van der Waals surface area contributed by atoms with Gasteiger partial charge in [0.05, 0.1) is 33.4 Å². The van der Waals surface area contributed by atoms with E-state index in [0.29, 0.717) is 34.9 Å². The average Bonchev–Trinajstić information content (AvgIpc) is 3.41. The van der Waals surface area contributed by atoms with Crippen molar-refractivity contribution in [2.45, 2.75) is 19.5 Å². The molecule has 0 saturated carbocycles. The highest BCUT2D eigenvalue weighted by Crippen LogP contribution is 2.33. The topological polar surface area (TPSA) is 111 Å². The number of hydrogen-bond donors (Lipinski definition) is 1. The van der Waals surface area contributed by atoms with E-state index in [9.17, 15) is 4.79 Å². The van der Waals surface area contributed by atoms with Gasteiger partial charge >= 0.3 is 0 Å². The molecule has 0 aliphatic carbocycles. The van der Waals surface area contributed by atoms with Crippen LogP contribution in [-0.4, -0.2) is 89.0 Å². The van der Waals surface area contributed by atoms with Crippen molar-refractivity contribution in [1.82, 2.24) is 35.0 Å². The zero-order valence-corrected chi connectivity index (χ0v) is 22.2. The summed E-state index contributed by atoms with van der Waals surface area (Å²) in [6.45, 7) is 7.01. The van der Waals surface area contributed by atoms with E-state index < -0.39 is 6.04 Å². The number of nitrogens with zero attached hydrogens (tertiary/aromatic N) is 6. The molecule has 3 heterocycles. The van der Waals surface area contributed by atoms with Gasteiger partial charge in [0, 0.05) is 43.2 Å². The predicted octanol–water partition coefficient (Wildman–Crippen LogP) is 2.32. The number of hydrogen-bond acceptors (Lipinski definition) is 9. The van der Waals surface area contributed by atoms with Crippen LogP contribution in [0.3, 0.4) is 0 Å². The largest absolute Gasteiger partial charge is 0.497 e. The predicted molar refractivity (Wildman–Crippen MR) is 143 cm³/mol. The van der Waals surface area contributed by atoms with Crippen molar-refractivity contribution >= 4 is 10.9 Å². The number of ether oxygens (including phenoxy) is 3. The molecular formula is C27H33N7O4. The fourth-order valence-corrected chi connectivity index (χ4v) is 5.01. The Morgan fingerprint density at radius 1 is 0.947 bits per heavy atom. The Kier molecular flexibility index (Phi) is 7.57. The minimum atomic E-state index is -0.427. The van der Waals surface area contributed by atoms with Gasteiger partial charge in [0.15, 0.2) is 17.3 Å². The molecule has 1 fully saturated rings. The van der Waals surface area contributed by atoms with Crippen LogP contribution < -0.4 is 19.8 Å². The Morgan fingerprint density at radius 3 is 2.32 bits per heavy atom. The summed E-state index contributed by atoms with van der Waals surface area (Å²) in [6.07, 6.45) is 0. The molecule has 1 aliphatic heterocycles. The van der Waals surface area contributed by atoms with E-state index in [4.69, 9.17) is 14.2 Å². The van der Waals surface area contributed by atoms with Gasteiger partial charge in [0.2, 0.25) is 0 Å². The quantitative estimate of drug-likeness (QED) is 0.356. The number of methoxy groups -OCH3 is 3. The van der Waals surface area contributed by atoms with Gasteiger partial charge in [0.25, 0.3) is 5.56 Å². The van der Waals surface area contributed by atoms with E-state index in [0.717, 1.165) is 49.4 Å². The number of aromatic amines is 1. The Bertz CT molecular complexity index is 1440. The SMILES string of the molecule is CCN1CCN(C(c2cc3cc(OC)c(OC)cc3[nH]c2=O)c2nnnn2Cc2ccc(OC)cc2)CC1. The maximum absolute atomic E-state index is 13.6. The van der Waals surface area contributed by atoms with Crippen molar-refractivity contribution in [3.05, 3.63) is 69.8 Å². The first-order chi connectivity index (χ1) is 18.5. The number of rotatable bonds is 9. The minimum absolute atomic E-state index is 0.188. The van der Waals surface area contributed by atoms with Gasteiger partial charge in [-0.05, 0) is 46.8 Å². The monoisotopic (exact) mass is 519 g/mol. The molecule has 2 aromatic heterocycles. The second-order valence-electron chi connectivity index (χ2n) is 9.26. The highest BCUT2D eigenvalue weighted by Gasteiger charge is 2.32. The van der Waals surface area contributed by atoms with Crippen LogP contribution in [0.15, 0.2) is 47.3 Å². The van der Waals surface area contributed by atoms with Crippen molar-refractivity contribution in [2.24, 2.45) is 0 Å². The molecule has 1 atom stereocenters. The molecule has 38 heavy (non-hydrogen) atoms. The van der Waals surface area contributed by atoms with Gasteiger partial charge < -0.3 is 24.1 Å². The normalized spacial score (nSPS) is 15.5. The van der Waals surface area contributed by atoms with Crippen LogP contribution in [0.4, 0.5) is 0 Å². The standard InChI is InChI=1S/C27H33N7O4/c1-5-32-10-12-33(13-11-32)25(26-29-30-31-34(26)17-18-6-8-20(36-2)9-7-18)21-14-19-15-23(37-3)24(38-4)16-22(19)28-27(21)35/h6-9,14-16,25H,5,10-13,17H2,1-4H3,(H,28,35). The van der Waals surface area contributed by atoms with E-state index in [1.54, 1.807) is 32.1 Å². The molecule has 1 N–H and O–H groups in total. The molecular weight excluding hydrogens is 486 g/mol. The Balaban J connectivity index is 1.59. The van der Waals surface area contributed by atoms with Crippen LogP contribution in [0.1, 0.15) is 29.9 Å². The summed E-state index contributed by atoms with van der Waals surface area (Å²) in [5.74, 6) is 2.55. The second kappa shape index (κ2) is 11.2. The Morgan fingerprint density at radius 2 is 1.66 bits per heavy atom. The summed E-state index contributed by atoms with van der Waals surface area (Å²) in [4.78, 5) is 21.3. The third-order valence-corrected chi connectivity index (χ3v) is 7.19. The van der Waals surface area contributed by atoms with Crippen molar-refractivity contribution < 1.29 is 14.2 Å². The number of H-pyrrole nitrogens is 1. The number of likely N-dealkylation sites (N-methyl/N-ethyl adjacent to an activating group) is 1. The average molecular weight is 520 g/mol.